The maximum Gasteiger partial charge on any atom is 0.0619 e. The molecule has 1 aliphatic carbocycles. The molecule has 0 saturated heterocycles. The smallest absolute Gasteiger partial charge is 0.0619 e. The molecule has 0 atom stereocenters. The maximum absolute atomic E-state index is 9.16. The van der Waals surface area contributed by atoms with Crippen LogP contribution in [0, 0.1) is 5.92 Å². The number of hydrogen-bond acceptors (Lipinski definition) is 1. The van der Waals surface area contributed by atoms with E-state index in [2.05, 4.69) is 0 Å². The van der Waals surface area contributed by atoms with E-state index >= 15 is 0 Å². The Morgan fingerprint density at radius 1 is 1.43 bits per heavy atom. The fraction of sp³-hybridized carbons (Fsp3) is 1.00. The van der Waals surface area contributed by atoms with Crippen LogP contribution in [0.5, 0.6) is 0 Å². The second-order valence-electron chi connectivity index (χ2n) is 2.93. The number of rotatable bonds is 1. The lowest BCUT2D eigenvalue weighted by Gasteiger charge is -2.14. The normalized spacial score (nSPS) is 22.7. The minimum Gasteiger partial charge on any atom is -0.390 e. The van der Waals surface area contributed by atoms with Gasteiger partial charge >= 0.3 is 0 Å². The van der Waals surface area contributed by atoms with Crippen molar-refractivity contribution in [3.8, 4) is 0 Å². The molecule has 0 heterocycles. The first-order valence-corrected chi connectivity index (χ1v) is 2.83. The molecule has 0 aromatic rings. The molecule has 1 nitrogen and oxygen atoms in total. The van der Waals surface area contributed by atoms with E-state index < -0.39 is 0 Å². The van der Waals surface area contributed by atoms with Crippen molar-refractivity contribution in [1.82, 2.24) is 0 Å². The second kappa shape index (κ2) is 1.22. The van der Waals surface area contributed by atoms with E-state index in [0.717, 1.165) is 0 Å². The van der Waals surface area contributed by atoms with Crippen molar-refractivity contribution in [2.24, 2.45) is 5.92 Å². The van der Waals surface area contributed by atoms with Gasteiger partial charge in [-0.15, -0.1) is 0 Å². The van der Waals surface area contributed by atoms with Gasteiger partial charge in [0.05, 0.1) is 5.60 Å². The van der Waals surface area contributed by atoms with Crippen LogP contribution in [0.4, 0.5) is 0 Å². The van der Waals surface area contributed by atoms with Gasteiger partial charge in [0.25, 0.3) is 0 Å². The Labute approximate surface area is 44.4 Å². The van der Waals surface area contributed by atoms with Gasteiger partial charge in [-0.05, 0) is 32.6 Å². The molecule has 1 fully saturated rings. The summed E-state index contributed by atoms with van der Waals surface area (Å²) in [6.45, 7) is 3.76. The third kappa shape index (κ3) is 1.16. The lowest BCUT2D eigenvalue weighted by atomic mass is 10.0. The van der Waals surface area contributed by atoms with Gasteiger partial charge in [0.15, 0.2) is 0 Å². The lowest BCUT2D eigenvalue weighted by Crippen LogP contribution is -2.20. The molecule has 1 N–H and O–H groups in total. The molecule has 0 spiro atoms. The largest absolute Gasteiger partial charge is 0.390 e. The van der Waals surface area contributed by atoms with Crippen LogP contribution in [-0.2, 0) is 0 Å². The molecule has 0 bridgehead atoms. The molecule has 0 aromatic heterocycles. The molecule has 42 valence electrons. The number of hydrogen-bond donors (Lipinski definition) is 1. The van der Waals surface area contributed by atoms with E-state index in [1.165, 1.54) is 12.8 Å². The second-order valence-corrected chi connectivity index (χ2v) is 2.93. The third-order valence-electron chi connectivity index (χ3n) is 1.58. The highest BCUT2D eigenvalue weighted by Gasteiger charge is 2.35. The van der Waals surface area contributed by atoms with Crippen LogP contribution < -0.4 is 0 Å². The predicted octanol–water partition coefficient (Wildman–Crippen LogP) is 1.17. The summed E-state index contributed by atoms with van der Waals surface area (Å²) in [5, 5.41) is 9.16. The van der Waals surface area contributed by atoms with Crippen molar-refractivity contribution in [2.45, 2.75) is 32.3 Å². The van der Waals surface area contributed by atoms with E-state index in [1.807, 2.05) is 13.8 Å². The Hall–Kier alpha value is -0.0400. The van der Waals surface area contributed by atoms with Crippen LogP contribution in [0.2, 0.25) is 0 Å². The van der Waals surface area contributed by atoms with E-state index in [0.29, 0.717) is 5.92 Å². The average Bonchev–Trinajstić information content (AvgIpc) is 1.99. The first-order valence-electron chi connectivity index (χ1n) is 2.83. The zero-order chi connectivity index (χ0) is 5.49. The highest BCUT2D eigenvalue weighted by molar-refractivity contribution is 4.87. The van der Waals surface area contributed by atoms with Gasteiger partial charge in [0, 0.05) is 0 Å². The quantitative estimate of drug-likeness (QED) is 0.524. The van der Waals surface area contributed by atoms with Crippen LogP contribution in [-0.4, -0.2) is 10.7 Å². The van der Waals surface area contributed by atoms with Gasteiger partial charge in [-0.25, -0.2) is 0 Å². The predicted molar refractivity (Wildman–Crippen MR) is 29.0 cm³/mol. The van der Waals surface area contributed by atoms with Gasteiger partial charge in [-0.2, -0.15) is 0 Å². The van der Waals surface area contributed by atoms with E-state index in [1.54, 1.807) is 0 Å². The van der Waals surface area contributed by atoms with Crippen molar-refractivity contribution < 1.29 is 5.11 Å². The summed E-state index contributed by atoms with van der Waals surface area (Å²) in [5.41, 5.74) is -0.389. The van der Waals surface area contributed by atoms with Crippen molar-refractivity contribution in [1.29, 1.82) is 0 Å². The fourth-order valence-corrected chi connectivity index (χ4v) is 0.790. The van der Waals surface area contributed by atoms with Crippen LogP contribution in [0.3, 0.4) is 0 Å². The first kappa shape index (κ1) is 5.10. The standard InChI is InChI=1S/C6H12O/c1-6(2,7)5-3-4-5/h5,7H,3-4H2,1-2H3. The molecule has 0 unspecified atom stereocenters. The maximum atomic E-state index is 9.16. The van der Waals surface area contributed by atoms with Crippen molar-refractivity contribution in [2.75, 3.05) is 0 Å². The average molecular weight is 100 g/mol. The molecule has 0 radical (unpaired) electrons. The molecule has 0 amide bonds. The molecular formula is C6H12O. The van der Waals surface area contributed by atoms with Crippen molar-refractivity contribution in [3.63, 3.8) is 0 Å². The van der Waals surface area contributed by atoms with E-state index in [-0.39, 0.29) is 5.60 Å². The van der Waals surface area contributed by atoms with Gasteiger partial charge in [-0.3, -0.25) is 0 Å². The Bertz CT molecular complexity index is 66.7. The first-order chi connectivity index (χ1) is 3.11. The summed E-state index contributed by atoms with van der Waals surface area (Å²) in [6.07, 6.45) is 2.45. The third-order valence-corrected chi connectivity index (χ3v) is 1.58. The molecule has 1 rings (SSSR count). The molecule has 1 saturated carbocycles. The van der Waals surface area contributed by atoms with E-state index in [4.69, 9.17) is 5.11 Å². The monoisotopic (exact) mass is 100 g/mol. The summed E-state index contributed by atoms with van der Waals surface area (Å²) in [7, 11) is 0. The molecule has 0 aliphatic heterocycles. The van der Waals surface area contributed by atoms with Gasteiger partial charge in [0.1, 0.15) is 0 Å². The number of aliphatic hydroxyl groups is 1. The van der Waals surface area contributed by atoms with Crippen molar-refractivity contribution >= 4 is 0 Å². The summed E-state index contributed by atoms with van der Waals surface area (Å²) < 4.78 is 0. The SMILES string of the molecule is CC(C)(O)C1CC1. The Balaban J connectivity index is 2.36. The van der Waals surface area contributed by atoms with E-state index in [9.17, 15) is 0 Å². The van der Waals surface area contributed by atoms with Crippen molar-refractivity contribution in [3.05, 3.63) is 0 Å². The van der Waals surface area contributed by atoms with Gasteiger partial charge < -0.3 is 5.11 Å². The Kier molecular flexibility index (Phi) is 0.890. The lowest BCUT2D eigenvalue weighted by molar-refractivity contribution is 0.0568. The minimum absolute atomic E-state index is 0.389. The molecular weight excluding hydrogens is 88.1 g/mol. The highest BCUT2D eigenvalue weighted by Crippen LogP contribution is 2.38. The van der Waals surface area contributed by atoms with Gasteiger partial charge in [0.2, 0.25) is 0 Å². The van der Waals surface area contributed by atoms with Crippen LogP contribution in [0.25, 0.3) is 0 Å². The molecule has 7 heavy (non-hydrogen) atoms. The topological polar surface area (TPSA) is 20.2 Å². The minimum atomic E-state index is -0.389. The summed E-state index contributed by atoms with van der Waals surface area (Å²) >= 11 is 0. The summed E-state index contributed by atoms with van der Waals surface area (Å²) in [5.74, 6) is 0.604. The van der Waals surface area contributed by atoms with Crippen LogP contribution in [0.1, 0.15) is 26.7 Å². The summed E-state index contributed by atoms with van der Waals surface area (Å²) in [4.78, 5) is 0. The Morgan fingerprint density at radius 2 is 1.86 bits per heavy atom. The van der Waals surface area contributed by atoms with Crippen LogP contribution in [0.15, 0.2) is 0 Å². The highest BCUT2D eigenvalue weighted by atomic mass is 16.3. The zero-order valence-corrected chi connectivity index (χ0v) is 4.94. The fourth-order valence-electron chi connectivity index (χ4n) is 0.790. The Morgan fingerprint density at radius 3 is 1.86 bits per heavy atom. The van der Waals surface area contributed by atoms with Gasteiger partial charge in [-0.1, -0.05) is 0 Å². The zero-order valence-electron chi connectivity index (χ0n) is 4.94. The van der Waals surface area contributed by atoms with Crippen LogP contribution >= 0.6 is 0 Å². The molecule has 0 aromatic carbocycles. The summed E-state index contributed by atoms with van der Waals surface area (Å²) in [6, 6.07) is 0. The molecule has 1 aliphatic rings. The molecule has 1 heteroatoms.